The van der Waals surface area contributed by atoms with Crippen molar-refractivity contribution in [2.24, 2.45) is 7.05 Å². The van der Waals surface area contributed by atoms with Crippen LogP contribution in [-0.2, 0) is 13.2 Å². The molecule has 0 saturated heterocycles. The first-order valence-corrected chi connectivity index (χ1v) is 4.85. The molecular weight excluding hydrogens is 252 g/mol. The van der Waals surface area contributed by atoms with E-state index in [1.807, 2.05) is 0 Å². The molecule has 1 aromatic heterocycles. The molecule has 0 aliphatic rings. The Hall–Kier alpha value is -2.12. The van der Waals surface area contributed by atoms with E-state index in [0.29, 0.717) is 12.1 Å². The van der Waals surface area contributed by atoms with Gasteiger partial charge in [0.15, 0.2) is 0 Å². The second-order valence-corrected chi connectivity index (χ2v) is 3.52. The second kappa shape index (κ2) is 4.28. The third-order valence-electron chi connectivity index (χ3n) is 2.25. The van der Waals surface area contributed by atoms with E-state index in [9.17, 15) is 17.6 Å². The Morgan fingerprint density at radius 3 is 2.56 bits per heavy atom. The van der Waals surface area contributed by atoms with Gasteiger partial charge < -0.3 is 5.32 Å². The number of aromatic nitrogens is 3. The summed E-state index contributed by atoms with van der Waals surface area (Å²) in [5, 5.41) is 6.16. The smallest absolute Gasteiger partial charge is 0.322 e. The lowest BCUT2D eigenvalue weighted by Crippen LogP contribution is -2.07. The zero-order chi connectivity index (χ0) is 13.3. The van der Waals surface area contributed by atoms with Gasteiger partial charge in [-0.2, -0.15) is 23.3 Å². The molecule has 1 N–H and O–H groups in total. The first-order chi connectivity index (χ1) is 8.38. The Kier molecular flexibility index (Phi) is 2.93. The number of halogens is 4. The highest BCUT2D eigenvalue weighted by Crippen LogP contribution is 2.32. The minimum Gasteiger partial charge on any atom is -0.322 e. The van der Waals surface area contributed by atoms with Gasteiger partial charge in [0.2, 0.25) is 5.95 Å². The lowest BCUT2D eigenvalue weighted by Gasteiger charge is -2.10. The van der Waals surface area contributed by atoms with Gasteiger partial charge in [0.25, 0.3) is 0 Å². The molecule has 0 amide bonds. The van der Waals surface area contributed by atoms with Gasteiger partial charge >= 0.3 is 6.18 Å². The fourth-order valence-corrected chi connectivity index (χ4v) is 1.33. The fourth-order valence-electron chi connectivity index (χ4n) is 1.33. The quantitative estimate of drug-likeness (QED) is 0.844. The monoisotopic (exact) mass is 260 g/mol. The van der Waals surface area contributed by atoms with Crippen LogP contribution in [0.1, 0.15) is 5.56 Å². The molecule has 0 aliphatic carbocycles. The molecule has 96 valence electrons. The van der Waals surface area contributed by atoms with Crippen LogP contribution in [0.2, 0.25) is 0 Å². The molecule has 0 spiro atoms. The molecule has 1 heterocycles. The van der Waals surface area contributed by atoms with E-state index >= 15 is 0 Å². The highest BCUT2D eigenvalue weighted by Gasteiger charge is 2.31. The van der Waals surface area contributed by atoms with Crippen LogP contribution in [0.3, 0.4) is 0 Å². The highest BCUT2D eigenvalue weighted by molar-refractivity contribution is 5.55. The van der Waals surface area contributed by atoms with Crippen molar-refractivity contribution in [3.8, 4) is 0 Å². The minimum atomic E-state index is -4.52. The van der Waals surface area contributed by atoms with Crippen molar-refractivity contribution in [3.63, 3.8) is 0 Å². The van der Waals surface area contributed by atoms with Gasteiger partial charge in [-0.1, -0.05) is 0 Å². The number of alkyl halides is 3. The number of anilines is 2. The molecule has 18 heavy (non-hydrogen) atoms. The van der Waals surface area contributed by atoms with Crippen LogP contribution in [0.4, 0.5) is 29.2 Å². The van der Waals surface area contributed by atoms with E-state index in [1.165, 1.54) is 18.1 Å². The summed E-state index contributed by atoms with van der Waals surface area (Å²) in [6.07, 6.45) is -3.32. The largest absolute Gasteiger partial charge is 0.416 e. The third-order valence-corrected chi connectivity index (χ3v) is 2.25. The van der Waals surface area contributed by atoms with Crippen LogP contribution < -0.4 is 5.32 Å². The van der Waals surface area contributed by atoms with E-state index in [1.54, 1.807) is 0 Å². The molecule has 0 radical (unpaired) electrons. The predicted octanol–water partition coefficient (Wildman–Crippen LogP) is 2.72. The Balaban J connectivity index is 2.36. The van der Waals surface area contributed by atoms with E-state index in [-0.39, 0.29) is 11.6 Å². The number of nitrogens with one attached hydrogen (secondary N) is 1. The Morgan fingerprint density at radius 2 is 2.00 bits per heavy atom. The molecule has 0 bridgehead atoms. The average Bonchev–Trinajstić information content (AvgIpc) is 2.66. The summed E-state index contributed by atoms with van der Waals surface area (Å²) < 4.78 is 52.1. The Bertz CT molecular complexity index is 561. The first-order valence-electron chi connectivity index (χ1n) is 4.85. The van der Waals surface area contributed by atoms with Gasteiger partial charge in [-0.25, -0.2) is 9.07 Å². The van der Waals surface area contributed by atoms with Crippen molar-refractivity contribution in [3.05, 3.63) is 35.9 Å². The molecule has 0 fully saturated rings. The van der Waals surface area contributed by atoms with Gasteiger partial charge in [0, 0.05) is 7.05 Å². The molecule has 0 unspecified atom stereocenters. The van der Waals surface area contributed by atoms with E-state index in [2.05, 4.69) is 15.4 Å². The zero-order valence-electron chi connectivity index (χ0n) is 9.16. The molecule has 0 aliphatic heterocycles. The topological polar surface area (TPSA) is 42.7 Å². The van der Waals surface area contributed by atoms with Crippen LogP contribution in [0.5, 0.6) is 0 Å². The van der Waals surface area contributed by atoms with Crippen molar-refractivity contribution in [2.45, 2.75) is 6.18 Å². The maximum absolute atomic E-state index is 13.4. The van der Waals surface area contributed by atoms with Gasteiger partial charge in [-0.3, -0.25) is 0 Å². The molecular formula is C10H8F4N4. The van der Waals surface area contributed by atoms with Crippen molar-refractivity contribution < 1.29 is 17.6 Å². The van der Waals surface area contributed by atoms with Crippen LogP contribution >= 0.6 is 0 Å². The predicted molar refractivity (Wildman–Crippen MR) is 55.7 cm³/mol. The SMILES string of the molecule is Cn1ncnc1Nc1cc(C(F)(F)F)ccc1F. The number of aryl methyl sites for hydroxylation is 1. The van der Waals surface area contributed by atoms with E-state index in [0.717, 1.165) is 6.07 Å². The summed E-state index contributed by atoms with van der Waals surface area (Å²) in [6.45, 7) is 0. The van der Waals surface area contributed by atoms with E-state index in [4.69, 9.17) is 0 Å². The molecule has 0 atom stereocenters. The maximum Gasteiger partial charge on any atom is 0.416 e. The normalized spacial score (nSPS) is 11.6. The van der Waals surface area contributed by atoms with Gasteiger partial charge in [-0.05, 0) is 18.2 Å². The summed E-state index contributed by atoms with van der Waals surface area (Å²) in [5.74, 6) is -0.653. The molecule has 4 nitrogen and oxygen atoms in total. The van der Waals surface area contributed by atoms with Crippen molar-refractivity contribution in [1.82, 2.24) is 14.8 Å². The Labute approximate surface area is 99.3 Å². The third kappa shape index (κ3) is 2.41. The average molecular weight is 260 g/mol. The van der Waals surface area contributed by atoms with Crippen LogP contribution in [-0.4, -0.2) is 14.8 Å². The summed E-state index contributed by atoms with van der Waals surface area (Å²) >= 11 is 0. The standard InChI is InChI=1S/C10H8F4N4/c1-18-9(15-5-16-18)17-8-4-6(10(12,13)14)2-3-7(8)11/h2-5H,1H3,(H,15,16,17). The van der Waals surface area contributed by atoms with Gasteiger partial charge in [-0.15, -0.1) is 0 Å². The zero-order valence-corrected chi connectivity index (χ0v) is 9.16. The number of hydrogen-bond acceptors (Lipinski definition) is 3. The Morgan fingerprint density at radius 1 is 1.28 bits per heavy atom. The molecule has 8 heteroatoms. The van der Waals surface area contributed by atoms with Gasteiger partial charge in [0.05, 0.1) is 11.3 Å². The van der Waals surface area contributed by atoms with Crippen molar-refractivity contribution in [2.75, 3.05) is 5.32 Å². The molecule has 0 saturated carbocycles. The van der Waals surface area contributed by atoms with Crippen LogP contribution in [0.15, 0.2) is 24.5 Å². The number of nitrogens with zero attached hydrogens (tertiary/aromatic N) is 3. The first kappa shape index (κ1) is 12.3. The van der Waals surface area contributed by atoms with Gasteiger partial charge in [0.1, 0.15) is 12.1 Å². The summed E-state index contributed by atoms with van der Waals surface area (Å²) in [6, 6.07) is 2.11. The van der Waals surface area contributed by atoms with Crippen molar-refractivity contribution >= 4 is 11.6 Å². The number of benzene rings is 1. The molecule has 1 aromatic carbocycles. The highest BCUT2D eigenvalue weighted by atomic mass is 19.4. The molecule has 2 rings (SSSR count). The van der Waals surface area contributed by atoms with Crippen LogP contribution in [0, 0.1) is 5.82 Å². The van der Waals surface area contributed by atoms with Crippen molar-refractivity contribution in [1.29, 1.82) is 0 Å². The lowest BCUT2D eigenvalue weighted by atomic mass is 10.2. The summed E-state index contributed by atoms with van der Waals surface area (Å²) in [5.41, 5.74) is -1.24. The lowest BCUT2D eigenvalue weighted by molar-refractivity contribution is -0.137. The fraction of sp³-hybridized carbons (Fsp3) is 0.200. The summed E-state index contributed by atoms with van der Waals surface area (Å²) in [4.78, 5) is 3.74. The minimum absolute atomic E-state index is 0.147. The summed E-state index contributed by atoms with van der Waals surface area (Å²) in [7, 11) is 1.53. The number of rotatable bonds is 2. The second-order valence-electron chi connectivity index (χ2n) is 3.52. The number of hydrogen-bond donors (Lipinski definition) is 1. The molecule has 2 aromatic rings. The maximum atomic E-state index is 13.4. The van der Waals surface area contributed by atoms with Crippen LogP contribution in [0.25, 0.3) is 0 Å². The van der Waals surface area contributed by atoms with E-state index < -0.39 is 17.6 Å².